The first kappa shape index (κ1) is 15.7. The SMILES string of the molecule is Fc1ccc(Br)c(OC2CCN(c3ncc(Br)cn3)CC2)c1. The topological polar surface area (TPSA) is 38.2 Å². The molecule has 3 rings (SSSR count). The van der Waals surface area contributed by atoms with Crippen LogP contribution in [0.4, 0.5) is 10.3 Å². The summed E-state index contributed by atoms with van der Waals surface area (Å²) in [5.41, 5.74) is 0. The highest BCUT2D eigenvalue weighted by atomic mass is 79.9. The maximum Gasteiger partial charge on any atom is 0.225 e. The van der Waals surface area contributed by atoms with Crippen LogP contribution < -0.4 is 9.64 Å². The van der Waals surface area contributed by atoms with Gasteiger partial charge in [-0.15, -0.1) is 0 Å². The summed E-state index contributed by atoms with van der Waals surface area (Å²) in [6, 6.07) is 4.48. The van der Waals surface area contributed by atoms with Crippen LogP contribution in [0.1, 0.15) is 12.8 Å². The molecule has 0 unspecified atom stereocenters. The van der Waals surface area contributed by atoms with Crippen molar-refractivity contribution >= 4 is 37.8 Å². The van der Waals surface area contributed by atoms with Gasteiger partial charge in [0.15, 0.2) is 0 Å². The van der Waals surface area contributed by atoms with Gasteiger partial charge in [-0.25, -0.2) is 14.4 Å². The molecule has 22 heavy (non-hydrogen) atoms. The molecule has 7 heteroatoms. The summed E-state index contributed by atoms with van der Waals surface area (Å²) in [4.78, 5) is 10.7. The number of rotatable bonds is 3. The lowest BCUT2D eigenvalue weighted by Gasteiger charge is -2.32. The zero-order valence-corrected chi connectivity index (χ0v) is 14.8. The van der Waals surface area contributed by atoms with Gasteiger partial charge in [-0.1, -0.05) is 0 Å². The Morgan fingerprint density at radius 2 is 1.82 bits per heavy atom. The molecule has 0 spiro atoms. The smallest absolute Gasteiger partial charge is 0.225 e. The normalized spacial score (nSPS) is 15.9. The highest BCUT2D eigenvalue weighted by molar-refractivity contribution is 9.10. The Kier molecular flexibility index (Phi) is 4.93. The molecule has 0 radical (unpaired) electrons. The zero-order chi connectivity index (χ0) is 15.5. The fourth-order valence-electron chi connectivity index (χ4n) is 2.39. The minimum Gasteiger partial charge on any atom is -0.489 e. The monoisotopic (exact) mass is 429 g/mol. The maximum atomic E-state index is 13.3. The van der Waals surface area contributed by atoms with Crippen LogP contribution in [0.5, 0.6) is 5.75 Å². The van der Waals surface area contributed by atoms with Gasteiger partial charge in [0.25, 0.3) is 0 Å². The van der Waals surface area contributed by atoms with E-state index in [9.17, 15) is 4.39 Å². The number of piperidine rings is 1. The molecule has 1 aliphatic heterocycles. The molecule has 0 saturated carbocycles. The second kappa shape index (κ2) is 6.91. The molecule has 1 aromatic heterocycles. The van der Waals surface area contributed by atoms with Gasteiger partial charge in [-0.05, 0) is 44.0 Å². The summed E-state index contributed by atoms with van der Waals surface area (Å²) in [7, 11) is 0. The highest BCUT2D eigenvalue weighted by Gasteiger charge is 2.22. The van der Waals surface area contributed by atoms with Crippen molar-refractivity contribution in [2.24, 2.45) is 0 Å². The largest absolute Gasteiger partial charge is 0.489 e. The molecule has 0 atom stereocenters. The van der Waals surface area contributed by atoms with E-state index in [0.29, 0.717) is 5.75 Å². The van der Waals surface area contributed by atoms with Crippen molar-refractivity contribution < 1.29 is 9.13 Å². The first-order valence-corrected chi connectivity index (χ1v) is 8.54. The molecule has 1 aliphatic rings. The van der Waals surface area contributed by atoms with Crippen LogP contribution in [-0.2, 0) is 0 Å². The van der Waals surface area contributed by atoms with E-state index >= 15 is 0 Å². The Bertz CT molecular complexity index is 646. The molecule has 1 saturated heterocycles. The van der Waals surface area contributed by atoms with E-state index in [1.807, 2.05) is 0 Å². The standard InChI is InChI=1S/C15H14Br2FN3O/c16-10-8-19-15(20-9-10)21-5-3-12(4-6-21)22-14-7-11(18)1-2-13(14)17/h1-2,7-9,12H,3-6H2. The number of benzene rings is 1. The Balaban J connectivity index is 1.60. The van der Waals surface area contributed by atoms with E-state index in [1.54, 1.807) is 18.5 Å². The van der Waals surface area contributed by atoms with Crippen molar-refractivity contribution in [3.63, 3.8) is 0 Å². The summed E-state index contributed by atoms with van der Waals surface area (Å²) in [6.07, 6.45) is 5.26. The van der Waals surface area contributed by atoms with Crippen LogP contribution in [0.3, 0.4) is 0 Å². The van der Waals surface area contributed by atoms with Gasteiger partial charge in [0.1, 0.15) is 17.7 Å². The molecule has 116 valence electrons. The lowest BCUT2D eigenvalue weighted by atomic mass is 10.1. The third-order valence-electron chi connectivity index (χ3n) is 3.52. The van der Waals surface area contributed by atoms with Gasteiger partial charge < -0.3 is 9.64 Å². The lowest BCUT2D eigenvalue weighted by molar-refractivity contribution is 0.168. The van der Waals surface area contributed by atoms with Crippen molar-refractivity contribution in [1.29, 1.82) is 0 Å². The van der Waals surface area contributed by atoms with Gasteiger partial charge in [0.2, 0.25) is 5.95 Å². The predicted octanol–water partition coefficient (Wildman–Crippen LogP) is 4.19. The molecule has 0 bridgehead atoms. The van der Waals surface area contributed by atoms with Gasteiger partial charge in [0, 0.05) is 44.4 Å². The molecule has 1 fully saturated rings. The number of ether oxygens (including phenoxy) is 1. The van der Waals surface area contributed by atoms with Crippen molar-refractivity contribution in [2.45, 2.75) is 18.9 Å². The summed E-state index contributed by atoms with van der Waals surface area (Å²) in [5, 5.41) is 0. The third kappa shape index (κ3) is 3.76. The zero-order valence-electron chi connectivity index (χ0n) is 11.7. The molecule has 0 N–H and O–H groups in total. The van der Waals surface area contributed by atoms with Crippen LogP contribution in [0.15, 0.2) is 39.5 Å². The Morgan fingerprint density at radius 1 is 1.14 bits per heavy atom. The van der Waals surface area contributed by atoms with E-state index < -0.39 is 0 Å². The molecule has 2 aromatic rings. The Morgan fingerprint density at radius 3 is 2.50 bits per heavy atom. The molecular weight excluding hydrogens is 417 g/mol. The van der Waals surface area contributed by atoms with Gasteiger partial charge in [-0.2, -0.15) is 0 Å². The van der Waals surface area contributed by atoms with Crippen LogP contribution in [0, 0.1) is 5.82 Å². The van der Waals surface area contributed by atoms with E-state index in [1.165, 1.54) is 12.1 Å². The quantitative estimate of drug-likeness (QED) is 0.731. The van der Waals surface area contributed by atoms with Crippen LogP contribution in [0.25, 0.3) is 0 Å². The summed E-state index contributed by atoms with van der Waals surface area (Å²) < 4.78 is 20.8. The van der Waals surface area contributed by atoms with Crippen LogP contribution in [-0.4, -0.2) is 29.2 Å². The number of hydrogen-bond donors (Lipinski definition) is 0. The number of hydrogen-bond acceptors (Lipinski definition) is 4. The van der Waals surface area contributed by atoms with Gasteiger partial charge in [0.05, 0.1) is 8.95 Å². The maximum absolute atomic E-state index is 13.3. The molecule has 0 aliphatic carbocycles. The van der Waals surface area contributed by atoms with E-state index in [2.05, 4.69) is 46.7 Å². The van der Waals surface area contributed by atoms with Crippen molar-refractivity contribution in [2.75, 3.05) is 18.0 Å². The number of anilines is 1. The van der Waals surface area contributed by atoms with Crippen LogP contribution >= 0.6 is 31.9 Å². The van der Waals surface area contributed by atoms with E-state index in [0.717, 1.165) is 40.8 Å². The highest BCUT2D eigenvalue weighted by Crippen LogP contribution is 2.29. The van der Waals surface area contributed by atoms with E-state index in [4.69, 9.17) is 4.74 Å². The fraction of sp³-hybridized carbons (Fsp3) is 0.333. The molecule has 1 aromatic carbocycles. The summed E-state index contributed by atoms with van der Waals surface area (Å²) in [5.74, 6) is 0.992. The molecular formula is C15H14Br2FN3O. The average molecular weight is 431 g/mol. The average Bonchev–Trinajstić information content (AvgIpc) is 2.53. The van der Waals surface area contributed by atoms with E-state index in [-0.39, 0.29) is 11.9 Å². The summed E-state index contributed by atoms with van der Waals surface area (Å²) >= 11 is 6.72. The van der Waals surface area contributed by atoms with Crippen molar-refractivity contribution in [3.8, 4) is 5.75 Å². The minimum absolute atomic E-state index is 0.0739. The molecule has 0 amide bonds. The fourth-order valence-corrected chi connectivity index (χ4v) is 2.93. The first-order chi connectivity index (χ1) is 10.6. The number of nitrogens with zero attached hydrogens (tertiary/aromatic N) is 3. The summed E-state index contributed by atoms with van der Waals surface area (Å²) in [6.45, 7) is 1.64. The number of aromatic nitrogens is 2. The second-order valence-electron chi connectivity index (χ2n) is 5.08. The Labute approximate surface area is 145 Å². The molecule has 2 heterocycles. The predicted molar refractivity (Wildman–Crippen MR) is 89.7 cm³/mol. The van der Waals surface area contributed by atoms with Crippen molar-refractivity contribution in [3.05, 3.63) is 45.4 Å². The molecule has 4 nitrogen and oxygen atoms in total. The third-order valence-corrected chi connectivity index (χ3v) is 4.58. The number of halogens is 3. The second-order valence-corrected chi connectivity index (χ2v) is 6.85. The Hall–Kier alpha value is -1.21. The van der Waals surface area contributed by atoms with Crippen LogP contribution in [0.2, 0.25) is 0 Å². The minimum atomic E-state index is -0.293. The van der Waals surface area contributed by atoms with Crippen molar-refractivity contribution in [1.82, 2.24) is 9.97 Å². The van der Waals surface area contributed by atoms with Gasteiger partial charge in [-0.3, -0.25) is 0 Å². The van der Waals surface area contributed by atoms with Gasteiger partial charge >= 0.3 is 0 Å². The lowest BCUT2D eigenvalue weighted by Crippen LogP contribution is -2.39. The first-order valence-electron chi connectivity index (χ1n) is 6.96.